The Morgan fingerprint density at radius 1 is 1.39 bits per heavy atom. The first-order valence-electron chi connectivity index (χ1n) is 8.65. The predicted octanol–water partition coefficient (Wildman–Crippen LogP) is 4.58. The lowest BCUT2D eigenvalue weighted by Gasteiger charge is -2.32. The van der Waals surface area contributed by atoms with E-state index >= 15 is 0 Å². The minimum Gasteiger partial charge on any atom is -0.444 e. The number of hydrogen-bond acceptors (Lipinski definition) is 3. The highest BCUT2D eigenvalue weighted by molar-refractivity contribution is 5.70. The summed E-state index contributed by atoms with van der Waals surface area (Å²) in [5.74, 6) is 0. The molecule has 0 aliphatic carbocycles. The van der Waals surface area contributed by atoms with Gasteiger partial charge in [0.1, 0.15) is 5.60 Å². The van der Waals surface area contributed by atoms with Crippen LogP contribution in [0.15, 0.2) is 18.2 Å². The lowest BCUT2D eigenvalue weighted by molar-refractivity contribution is 0.0224. The van der Waals surface area contributed by atoms with E-state index in [-0.39, 0.29) is 6.09 Å². The third kappa shape index (κ3) is 4.88. The van der Waals surface area contributed by atoms with E-state index in [2.05, 4.69) is 37.4 Å². The van der Waals surface area contributed by atoms with Crippen molar-refractivity contribution in [3.05, 3.63) is 29.3 Å². The zero-order valence-corrected chi connectivity index (χ0v) is 15.1. The molecule has 1 N–H and O–H groups in total. The summed E-state index contributed by atoms with van der Waals surface area (Å²) in [4.78, 5) is 14.2. The number of fused-ring (bicyclic) bond motifs is 1. The highest BCUT2D eigenvalue weighted by atomic mass is 16.6. The van der Waals surface area contributed by atoms with Gasteiger partial charge in [-0.1, -0.05) is 25.5 Å². The Balaban J connectivity index is 2.13. The summed E-state index contributed by atoms with van der Waals surface area (Å²) in [6.45, 7) is 11.5. The predicted molar refractivity (Wildman–Crippen MR) is 94.8 cm³/mol. The highest BCUT2D eigenvalue weighted by Gasteiger charge is 2.27. The third-order valence-electron chi connectivity index (χ3n) is 4.05. The summed E-state index contributed by atoms with van der Waals surface area (Å²) in [5.41, 5.74) is 3.26. The smallest absolute Gasteiger partial charge is 0.410 e. The molecular formula is C19H30N2O2. The van der Waals surface area contributed by atoms with Gasteiger partial charge in [-0.25, -0.2) is 4.79 Å². The van der Waals surface area contributed by atoms with Gasteiger partial charge in [0.15, 0.2) is 0 Å². The van der Waals surface area contributed by atoms with E-state index in [0.29, 0.717) is 12.6 Å². The topological polar surface area (TPSA) is 41.6 Å². The standard InChI is InChI=1S/C19H30N2O2/c1-6-8-14(2)20-17-10-7-9-15-11-12-21(13-16(15)17)18(22)23-19(3,4)5/h7,9-10,14,20H,6,8,11-13H2,1-5H3. The van der Waals surface area contributed by atoms with E-state index in [1.165, 1.54) is 11.1 Å². The van der Waals surface area contributed by atoms with E-state index in [0.717, 1.165) is 31.5 Å². The van der Waals surface area contributed by atoms with Gasteiger partial charge in [-0.3, -0.25) is 0 Å². The molecule has 1 aromatic rings. The Morgan fingerprint density at radius 3 is 2.78 bits per heavy atom. The van der Waals surface area contributed by atoms with Crippen LogP contribution in [0.4, 0.5) is 10.5 Å². The number of nitrogens with zero attached hydrogens (tertiary/aromatic N) is 1. The van der Waals surface area contributed by atoms with Crippen LogP contribution in [0.2, 0.25) is 0 Å². The molecule has 4 nitrogen and oxygen atoms in total. The molecule has 2 rings (SSSR count). The van der Waals surface area contributed by atoms with Gasteiger partial charge in [0.05, 0.1) is 6.54 Å². The summed E-state index contributed by atoms with van der Waals surface area (Å²) >= 11 is 0. The number of carbonyl (C=O) groups excluding carboxylic acids is 1. The number of anilines is 1. The molecule has 23 heavy (non-hydrogen) atoms. The molecule has 0 saturated carbocycles. The second kappa shape index (κ2) is 7.24. The maximum absolute atomic E-state index is 12.3. The second-order valence-corrected chi connectivity index (χ2v) is 7.43. The van der Waals surface area contributed by atoms with Crippen molar-refractivity contribution in [3.63, 3.8) is 0 Å². The number of benzene rings is 1. The van der Waals surface area contributed by atoms with Crippen molar-refractivity contribution in [2.45, 2.75) is 72.1 Å². The van der Waals surface area contributed by atoms with Crippen molar-refractivity contribution in [2.24, 2.45) is 0 Å². The first kappa shape index (κ1) is 17.6. The van der Waals surface area contributed by atoms with Crippen LogP contribution >= 0.6 is 0 Å². The molecule has 4 heteroatoms. The van der Waals surface area contributed by atoms with Crippen molar-refractivity contribution >= 4 is 11.8 Å². The first-order chi connectivity index (χ1) is 10.8. The fourth-order valence-electron chi connectivity index (χ4n) is 2.97. The van der Waals surface area contributed by atoms with Crippen LogP contribution in [0.1, 0.15) is 58.6 Å². The minimum absolute atomic E-state index is 0.223. The summed E-state index contributed by atoms with van der Waals surface area (Å²) in [6.07, 6.45) is 2.96. The second-order valence-electron chi connectivity index (χ2n) is 7.43. The number of hydrogen-bond donors (Lipinski definition) is 1. The molecule has 1 amide bonds. The Morgan fingerprint density at radius 2 is 2.13 bits per heavy atom. The Hall–Kier alpha value is -1.71. The molecule has 0 saturated heterocycles. The van der Waals surface area contributed by atoms with Gasteiger partial charge in [-0.2, -0.15) is 0 Å². The van der Waals surface area contributed by atoms with Crippen LogP contribution < -0.4 is 5.32 Å². The van der Waals surface area contributed by atoms with E-state index in [4.69, 9.17) is 4.74 Å². The molecule has 0 fully saturated rings. The maximum Gasteiger partial charge on any atom is 0.410 e. The summed E-state index contributed by atoms with van der Waals surface area (Å²) < 4.78 is 5.52. The molecule has 1 aromatic carbocycles. The minimum atomic E-state index is -0.454. The number of carbonyl (C=O) groups is 1. The molecule has 0 bridgehead atoms. The molecule has 1 heterocycles. The van der Waals surface area contributed by atoms with Crippen molar-refractivity contribution in [1.82, 2.24) is 4.90 Å². The van der Waals surface area contributed by atoms with E-state index < -0.39 is 5.60 Å². The van der Waals surface area contributed by atoms with E-state index in [9.17, 15) is 4.79 Å². The SMILES string of the molecule is CCCC(C)Nc1cccc2c1CN(C(=O)OC(C)(C)C)CC2. The normalized spacial score (nSPS) is 15.8. The fraction of sp³-hybridized carbons (Fsp3) is 0.632. The van der Waals surface area contributed by atoms with Gasteiger partial charge in [-0.15, -0.1) is 0 Å². The van der Waals surface area contributed by atoms with Gasteiger partial charge in [0, 0.05) is 18.3 Å². The number of rotatable bonds is 4. The Labute approximate surface area is 140 Å². The van der Waals surface area contributed by atoms with Gasteiger partial charge in [-0.05, 0) is 57.7 Å². The zero-order chi connectivity index (χ0) is 17.0. The van der Waals surface area contributed by atoms with Crippen molar-refractivity contribution < 1.29 is 9.53 Å². The van der Waals surface area contributed by atoms with Crippen LogP contribution in [-0.2, 0) is 17.7 Å². The van der Waals surface area contributed by atoms with Crippen LogP contribution in [0.25, 0.3) is 0 Å². The molecule has 1 unspecified atom stereocenters. The average molecular weight is 318 g/mol. The van der Waals surface area contributed by atoms with Crippen molar-refractivity contribution in [1.29, 1.82) is 0 Å². The largest absolute Gasteiger partial charge is 0.444 e. The zero-order valence-electron chi connectivity index (χ0n) is 15.1. The van der Waals surface area contributed by atoms with Crippen molar-refractivity contribution in [3.8, 4) is 0 Å². The molecule has 128 valence electrons. The summed E-state index contributed by atoms with van der Waals surface area (Å²) in [6, 6.07) is 6.81. The van der Waals surface area contributed by atoms with Crippen LogP contribution in [0.3, 0.4) is 0 Å². The Bertz CT molecular complexity index is 549. The molecule has 0 radical (unpaired) electrons. The lowest BCUT2D eigenvalue weighted by Crippen LogP contribution is -2.40. The first-order valence-corrected chi connectivity index (χ1v) is 8.65. The summed E-state index contributed by atoms with van der Waals surface area (Å²) in [7, 11) is 0. The fourth-order valence-corrected chi connectivity index (χ4v) is 2.97. The molecule has 1 aliphatic rings. The van der Waals surface area contributed by atoms with Crippen LogP contribution in [0, 0.1) is 0 Å². The van der Waals surface area contributed by atoms with Gasteiger partial charge >= 0.3 is 6.09 Å². The van der Waals surface area contributed by atoms with Gasteiger partial charge in [0.25, 0.3) is 0 Å². The average Bonchev–Trinajstić information content (AvgIpc) is 2.45. The van der Waals surface area contributed by atoms with E-state index in [1.807, 2.05) is 25.7 Å². The van der Waals surface area contributed by atoms with Crippen LogP contribution in [-0.4, -0.2) is 29.2 Å². The van der Waals surface area contributed by atoms with Crippen molar-refractivity contribution in [2.75, 3.05) is 11.9 Å². The van der Waals surface area contributed by atoms with Crippen LogP contribution in [0.5, 0.6) is 0 Å². The maximum atomic E-state index is 12.3. The highest BCUT2D eigenvalue weighted by Crippen LogP contribution is 2.28. The number of ether oxygens (including phenoxy) is 1. The monoisotopic (exact) mass is 318 g/mol. The third-order valence-corrected chi connectivity index (χ3v) is 4.05. The molecule has 0 spiro atoms. The quantitative estimate of drug-likeness (QED) is 0.883. The molecule has 1 atom stereocenters. The van der Waals surface area contributed by atoms with Gasteiger partial charge < -0.3 is 15.0 Å². The molecular weight excluding hydrogens is 288 g/mol. The lowest BCUT2D eigenvalue weighted by atomic mass is 9.97. The molecule has 1 aliphatic heterocycles. The molecule has 0 aromatic heterocycles. The number of amides is 1. The number of nitrogens with one attached hydrogen (secondary N) is 1. The van der Waals surface area contributed by atoms with E-state index in [1.54, 1.807) is 0 Å². The van der Waals surface area contributed by atoms with Gasteiger partial charge in [0.2, 0.25) is 0 Å². The summed E-state index contributed by atoms with van der Waals surface area (Å²) in [5, 5.41) is 3.60. The Kier molecular flexibility index (Phi) is 5.55.